The summed E-state index contributed by atoms with van der Waals surface area (Å²) in [6.45, 7) is 6.77. The predicted molar refractivity (Wildman–Crippen MR) is 144 cm³/mol. The first kappa shape index (κ1) is 28.8. The number of hydrogen-bond acceptors (Lipinski definition) is 5. The van der Waals surface area contributed by atoms with Crippen LogP contribution in [0.5, 0.6) is 11.5 Å². The van der Waals surface area contributed by atoms with Gasteiger partial charge in [0.05, 0.1) is 26.3 Å². The van der Waals surface area contributed by atoms with Crippen LogP contribution in [0.4, 0.5) is 4.39 Å². The lowest BCUT2D eigenvalue weighted by molar-refractivity contribution is -0.132. The highest BCUT2D eigenvalue weighted by molar-refractivity contribution is 5.96. The zero-order valence-electron chi connectivity index (χ0n) is 22.8. The van der Waals surface area contributed by atoms with Gasteiger partial charge < -0.3 is 23.7 Å². The number of benzene rings is 2. The molecule has 0 saturated carbocycles. The molecular weight excluding hydrogens is 487 g/mol. The Labute approximate surface area is 224 Å². The molecule has 0 aliphatic carbocycles. The number of aryl methyl sites for hydroxylation is 1. The van der Waals surface area contributed by atoms with E-state index in [0.717, 1.165) is 11.3 Å². The summed E-state index contributed by atoms with van der Waals surface area (Å²) in [5.74, 6) is 1.61. The topological polar surface area (TPSA) is 72.2 Å². The number of rotatable bonds is 13. The van der Waals surface area contributed by atoms with Gasteiger partial charge >= 0.3 is 0 Å². The van der Waals surface area contributed by atoms with E-state index in [1.54, 1.807) is 25.2 Å². The van der Waals surface area contributed by atoms with E-state index in [9.17, 15) is 14.0 Å². The molecule has 3 rings (SSSR count). The lowest BCUT2D eigenvalue weighted by atomic mass is 10.1. The van der Waals surface area contributed by atoms with E-state index in [0.29, 0.717) is 49.1 Å². The second kappa shape index (κ2) is 13.7. The lowest BCUT2D eigenvalue weighted by Gasteiger charge is -2.28. The van der Waals surface area contributed by atoms with Gasteiger partial charge in [0.2, 0.25) is 5.91 Å². The Balaban J connectivity index is 1.81. The fourth-order valence-electron chi connectivity index (χ4n) is 4.09. The Bertz CT molecular complexity index is 1220. The molecule has 0 spiro atoms. The standard InChI is InChI=1S/C30H37FN2O5/c1-21(2)14-16-33(30(35)25-8-6-7-9-26(25)31)20-29(34)32(19-24-12-10-22(3)38-24)17-15-23-11-13-27(36-4)28(18-23)37-5/h6-13,18,21H,14-17,19-20H2,1-5H3. The molecule has 0 radical (unpaired) electrons. The molecule has 0 bridgehead atoms. The maximum Gasteiger partial charge on any atom is 0.257 e. The van der Waals surface area contributed by atoms with Crippen LogP contribution in [-0.4, -0.2) is 55.5 Å². The Morgan fingerprint density at radius 2 is 1.68 bits per heavy atom. The van der Waals surface area contributed by atoms with Crippen LogP contribution in [0.25, 0.3) is 0 Å². The molecule has 0 atom stereocenters. The first-order chi connectivity index (χ1) is 18.2. The highest BCUT2D eigenvalue weighted by Gasteiger charge is 2.25. The van der Waals surface area contributed by atoms with E-state index in [1.165, 1.54) is 23.1 Å². The van der Waals surface area contributed by atoms with Crippen molar-refractivity contribution in [1.29, 1.82) is 0 Å². The van der Waals surface area contributed by atoms with Gasteiger partial charge in [0.25, 0.3) is 5.91 Å². The van der Waals surface area contributed by atoms with Crippen LogP contribution < -0.4 is 9.47 Å². The van der Waals surface area contributed by atoms with E-state index in [4.69, 9.17) is 13.9 Å². The first-order valence-electron chi connectivity index (χ1n) is 12.8. The molecular formula is C30H37FN2O5. The van der Waals surface area contributed by atoms with Crippen LogP contribution in [0.1, 0.15) is 47.7 Å². The van der Waals surface area contributed by atoms with Crippen LogP contribution in [-0.2, 0) is 17.8 Å². The van der Waals surface area contributed by atoms with Crippen LogP contribution in [0, 0.1) is 18.7 Å². The average molecular weight is 525 g/mol. The number of methoxy groups -OCH3 is 2. The zero-order valence-corrected chi connectivity index (χ0v) is 22.8. The van der Waals surface area contributed by atoms with E-state index < -0.39 is 11.7 Å². The Morgan fingerprint density at radius 3 is 2.32 bits per heavy atom. The Hall–Kier alpha value is -3.81. The molecule has 2 aromatic carbocycles. The molecule has 0 aliphatic heterocycles. The molecule has 8 heteroatoms. The molecule has 0 saturated heterocycles. The second-order valence-corrected chi connectivity index (χ2v) is 9.66. The van der Waals surface area contributed by atoms with Crippen molar-refractivity contribution in [2.75, 3.05) is 33.9 Å². The summed E-state index contributed by atoms with van der Waals surface area (Å²) in [5.41, 5.74) is 0.928. The minimum absolute atomic E-state index is 0.0393. The third kappa shape index (κ3) is 7.84. The highest BCUT2D eigenvalue weighted by atomic mass is 19.1. The van der Waals surface area contributed by atoms with Crippen molar-refractivity contribution in [2.45, 2.75) is 40.2 Å². The van der Waals surface area contributed by atoms with Gasteiger partial charge in [-0.15, -0.1) is 0 Å². The summed E-state index contributed by atoms with van der Waals surface area (Å²) in [6.07, 6.45) is 1.25. The van der Waals surface area contributed by atoms with Gasteiger partial charge in [0, 0.05) is 13.1 Å². The highest BCUT2D eigenvalue weighted by Crippen LogP contribution is 2.28. The SMILES string of the molecule is COc1ccc(CCN(Cc2ccc(C)o2)C(=O)CN(CCC(C)C)C(=O)c2ccccc2F)cc1OC. The smallest absolute Gasteiger partial charge is 0.257 e. The molecule has 0 unspecified atom stereocenters. The van der Waals surface area contributed by atoms with E-state index >= 15 is 0 Å². The summed E-state index contributed by atoms with van der Waals surface area (Å²) < 4.78 is 30.9. The Morgan fingerprint density at radius 1 is 0.947 bits per heavy atom. The summed E-state index contributed by atoms with van der Waals surface area (Å²) in [7, 11) is 3.16. The molecule has 0 fully saturated rings. The molecule has 3 aromatic rings. The van der Waals surface area contributed by atoms with E-state index in [-0.39, 0.29) is 24.6 Å². The van der Waals surface area contributed by atoms with Gasteiger partial charge in [-0.1, -0.05) is 32.0 Å². The lowest BCUT2D eigenvalue weighted by Crippen LogP contribution is -2.44. The van der Waals surface area contributed by atoms with Crippen molar-refractivity contribution in [3.05, 3.63) is 83.1 Å². The number of ether oxygens (including phenoxy) is 2. The quantitative estimate of drug-likeness (QED) is 0.295. The van der Waals surface area contributed by atoms with Crippen molar-refractivity contribution in [3.8, 4) is 11.5 Å². The summed E-state index contributed by atoms with van der Waals surface area (Å²) in [6, 6.07) is 15.2. The minimum atomic E-state index is -0.601. The maximum atomic E-state index is 14.4. The van der Waals surface area contributed by atoms with Gasteiger partial charge in [0.1, 0.15) is 23.9 Å². The monoisotopic (exact) mass is 524 g/mol. The van der Waals surface area contributed by atoms with Gasteiger partial charge in [-0.2, -0.15) is 0 Å². The first-order valence-corrected chi connectivity index (χ1v) is 12.8. The van der Waals surface area contributed by atoms with Crippen LogP contribution in [0.2, 0.25) is 0 Å². The molecule has 0 N–H and O–H groups in total. The average Bonchev–Trinajstić information content (AvgIpc) is 3.32. The normalized spacial score (nSPS) is 10.9. The minimum Gasteiger partial charge on any atom is -0.493 e. The molecule has 1 heterocycles. The molecule has 7 nitrogen and oxygen atoms in total. The molecule has 204 valence electrons. The summed E-state index contributed by atoms with van der Waals surface area (Å²) in [5, 5.41) is 0. The fourth-order valence-corrected chi connectivity index (χ4v) is 4.09. The number of amides is 2. The van der Waals surface area contributed by atoms with Crippen molar-refractivity contribution in [1.82, 2.24) is 9.80 Å². The van der Waals surface area contributed by atoms with Crippen molar-refractivity contribution in [3.63, 3.8) is 0 Å². The molecule has 2 amide bonds. The predicted octanol–water partition coefficient (Wildman–Crippen LogP) is 5.50. The maximum absolute atomic E-state index is 14.4. The third-order valence-corrected chi connectivity index (χ3v) is 6.31. The van der Waals surface area contributed by atoms with Gasteiger partial charge in [0.15, 0.2) is 11.5 Å². The largest absolute Gasteiger partial charge is 0.493 e. The number of hydrogen-bond donors (Lipinski definition) is 0. The second-order valence-electron chi connectivity index (χ2n) is 9.66. The van der Waals surface area contributed by atoms with Crippen LogP contribution in [0.3, 0.4) is 0 Å². The molecule has 0 aliphatic rings. The molecule has 1 aromatic heterocycles. The van der Waals surface area contributed by atoms with E-state index in [2.05, 4.69) is 0 Å². The fraction of sp³-hybridized carbons (Fsp3) is 0.400. The number of carbonyl (C=O) groups is 2. The zero-order chi connectivity index (χ0) is 27.7. The van der Waals surface area contributed by atoms with Gasteiger partial charge in [-0.3, -0.25) is 9.59 Å². The molecule has 38 heavy (non-hydrogen) atoms. The number of halogens is 1. The van der Waals surface area contributed by atoms with Gasteiger partial charge in [-0.05, 0) is 67.6 Å². The van der Waals surface area contributed by atoms with Crippen molar-refractivity contribution in [2.24, 2.45) is 5.92 Å². The number of furan rings is 1. The third-order valence-electron chi connectivity index (χ3n) is 6.31. The number of nitrogens with zero attached hydrogens (tertiary/aromatic N) is 2. The Kier molecular flexibility index (Phi) is 10.3. The van der Waals surface area contributed by atoms with Gasteiger partial charge in [-0.25, -0.2) is 4.39 Å². The summed E-state index contributed by atoms with van der Waals surface area (Å²) >= 11 is 0. The van der Waals surface area contributed by atoms with Crippen molar-refractivity contribution < 1.29 is 27.9 Å². The van der Waals surface area contributed by atoms with Crippen LogP contribution >= 0.6 is 0 Å². The summed E-state index contributed by atoms with van der Waals surface area (Å²) in [4.78, 5) is 30.0. The van der Waals surface area contributed by atoms with Crippen LogP contribution in [0.15, 0.2) is 59.0 Å². The van der Waals surface area contributed by atoms with Crippen molar-refractivity contribution >= 4 is 11.8 Å². The van der Waals surface area contributed by atoms with E-state index in [1.807, 2.05) is 51.1 Å². The number of carbonyl (C=O) groups excluding carboxylic acids is 2.